The molecule has 0 bridgehead atoms. The van der Waals surface area contributed by atoms with Gasteiger partial charge in [-0.25, -0.2) is 0 Å². The van der Waals surface area contributed by atoms with Gasteiger partial charge in [0.15, 0.2) is 0 Å². The van der Waals surface area contributed by atoms with Gasteiger partial charge < -0.3 is 16.4 Å². The fourth-order valence-electron chi connectivity index (χ4n) is 2.37. The Morgan fingerprint density at radius 2 is 2.06 bits per heavy atom. The molecule has 0 aromatic carbocycles. The highest BCUT2D eigenvalue weighted by atomic mass is 32.1. The van der Waals surface area contributed by atoms with Gasteiger partial charge in [0.25, 0.3) is 5.91 Å². The lowest BCUT2D eigenvalue weighted by Crippen LogP contribution is -2.24. The summed E-state index contributed by atoms with van der Waals surface area (Å²) >= 11 is 1.44. The van der Waals surface area contributed by atoms with Crippen LogP contribution in [-0.4, -0.2) is 19.0 Å². The summed E-state index contributed by atoms with van der Waals surface area (Å²) in [6.07, 6.45) is 4.96. The zero-order chi connectivity index (χ0) is 13.1. The summed E-state index contributed by atoms with van der Waals surface area (Å²) in [7, 11) is 1.62. The summed E-state index contributed by atoms with van der Waals surface area (Å²) in [5, 5.41) is 7.11. The van der Waals surface area contributed by atoms with Gasteiger partial charge in [-0.3, -0.25) is 4.79 Å². The number of carbonyl (C=O) groups excluding carboxylic acids is 1. The summed E-state index contributed by atoms with van der Waals surface area (Å²) < 4.78 is 0. The van der Waals surface area contributed by atoms with Gasteiger partial charge >= 0.3 is 0 Å². The van der Waals surface area contributed by atoms with E-state index in [9.17, 15) is 4.79 Å². The van der Waals surface area contributed by atoms with E-state index in [1.54, 1.807) is 7.05 Å². The third kappa shape index (κ3) is 2.96. The molecule has 1 aromatic rings. The SMILES string of the molecule is CNC(=O)c1sc(NC2CCC(C)CC2)cc1N. The fraction of sp³-hybridized carbons (Fsp3) is 0.615. The van der Waals surface area contributed by atoms with Crippen molar-refractivity contribution < 1.29 is 4.79 Å². The van der Waals surface area contributed by atoms with Crippen LogP contribution in [0.15, 0.2) is 6.07 Å². The van der Waals surface area contributed by atoms with Crippen LogP contribution in [0.3, 0.4) is 0 Å². The molecule has 100 valence electrons. The van der Waals surface area contributed by atoms with Crippen molar-refractivity contribution in [3.63, 3.8) is 0 Å². The minimum Gasteiger partial charge on any atom is -0.397 e. The van der Waals surface area contributed by atoms with E-state index in [4.69, 9.17) is 5.73 Å². The number of amides is 1. The van der Waals surface area contributed by atoms with Crippen LogP contribution in [0.1, 0.15) is 42.3 Å². The molecule has 0 saturated heterocycles. The van der Waals surface area contributed by atoms with Crippen LogP contribution in [0.2, 0.25) is 0 Å². The Kier molecular flexibility index (Phi) is 4.11. The second-order valence-electron chi connectivity index (χ2n) is 5.08. The van der Waals surface area contributed by atoms with E-state index in [0.717, 1.165) is 10.9 Å². The smallest absolute Gasteiger partial charge is 0.263 e. The molecule has 0 radical (unpaired) electrons. The number of nitrogen functional groups attached to an aromatic ring is 1. The molecule has 1 saturated carbocycles. The van der Waals surface area contributed by atoms with Gasteiger partial charge in [0.2, 0.25) is 0 Å². The number of carbonyl (C=O) groups is 1. The third-order valence-corrected chi connectivity index (χ3v) is 4.64. The van der Waals surface area contributed by atoms with Gasteiger partial charge in [0.05, 0.1) is 10.7 Å². The first kappa shape index (κ1) is 13.2. The first-order valence-electron chi connectivity index (χ1n) is 6.48. The van der Waals surface area contributed by atoms with Gasteiger partial charge in [-0.15, -0.1) is 11.3 Å². The molecule has 1 aliphatic carbocycles. The highest BCUT2D eigenvalue weighted by molar-refractivity contribution is 7.18. The van der Waals surface area contributed by atoms with Crippen LogP contribution in [-0.2, 0) is 0 Å². The standard InChI is InChI=1S/C13H21N3OS/c1-8-3-5-9(6-4-8)16-11-7-10(14)12(18-11)13(17)15-2/h7-9,16H,3-6,14H2,1-2H3,(H,15,17). The maximum absolute atomic E-state index is 11.6. The minimum absolute atomic E-state index is 0.109. The van der Waals surface area contributed by atoms with Gasteiger partial charge in [0, 0.05) is 13.1 Å². The molecule has 2 rings (SSSR count). The summed E-state index contributed by atoms with van der Waals surface area (Å²) in [6, 6.07) is 2.39. The van der Waals surface area contributed by atoms with Crippen molar-refractivity contribution in [1.82, 2.24) is 5.32 Å². The number of rotatable bonds is 3. The first-order valence-corrected chi connectivity index (χ1v) is 7.29. The van der Waals surface area contributed by atoms with Gasteiger partial charge in [-0.2, -0.15) is 0 Å². The highest BCUT2D eigenvalue weighted by Crippen LogP contribution is 2.32. The highest BCUT2D eigenvalue weighted by Gasteiger charge is 2.20. The molecular weight excluding hydrogens is 246 g/mol. The van der Waals surface area contributed by atoms with E-state index in [-0.39, 0.29) is 5.91 Å². The van der Waals surface area contributed by atoms with Crippen molar-refractivity contribution in [2.75, 3.05) is 18.1 Å². The number of thiophene rings is 1. The third-order valence-electron chi connectivity index (χ3n) is 3.56. The van der Waals surface area contributed by atoms with E-state index in [1.807, 2.05) is 6.07 Å². The number of nitrogens with one attached hydrogen (secondary N) is 2. The summed E-state index contributed by atoms with van der Waals surface area (Å²) in [6.45, 7) is 2.31. The van der Waals surface area contributed by atoms with Crippen molar-refractivity contribution in [2.24, 2.45) is 5.92 Å². The molecule has 4 nitrogen and oxygen atoms in total. The molecule has 0 atom stereocenters. The normalized spacial score (nSPS) is 23.7. The van der Waals surface area contributed by atoms with Crippen molar-refractivity contribution in [3.05, 3.63) is 10.9 Å². The first-order chi connectivity index (χ1) is 8.60. The largest absolute Gasteiger partial charge is 0.397 e. The van der Waals surface area contributed by atoms with Crippen LogP contribution in [0, 0.1) is 5.92 Å². The van der Waals surface area contributed by atoms with Crippen molar-refractivity contribution in [1.29, 1.82) is 0 Å². The van der Waals surface area contributed by atoms with E-state index < -0.39 is 0 Å². The lowest BCUT2D eigenvalue weighted by atomic mass is 9.87. The quantitative estimate of drug-likeness (QED) is 0.788. The predicted octanol–water partition coefficient (Wildman–Crippen LogP) is 2.68. The van der Waals surface area contributed by atoms with Gasteiger partial charge in [0.1, 0.15) is 4.88 Å². The van der Waals surface area contributed by atoms with Crippen LogP contribution >= 0.6 is 11.3 Å². The lowest BCUT2D eigenvalue weighted by Gasteiger charge is -2.27. The molecule has 1 aromatic heterocycles. The van der Waals surface area contributed by atoms with Gasteiger partial charge in [-0.05, 0) is 37.7 Å². The van der Waals surface area contributed by atoms with Crippen molar-refractivity contribution >= 4 is 27.9 Å². The Morgan fingerprint density at radius 3 is 2.67 bits per heavy atom. The topological polar surface area (TPSA) is 67.2 Å². The zero-order valence-corrected chi connectivity index (χ0v) is 11.8. The van der Waals surface area contributed by atoms with Crippen LogP contribution < -0.4 is 16.4 Å². The van der Waals surface area contributed by atoms with Gasteiger partial charge in [-0.1, -0.05) is 6.92 Å². The average Bonchev–Trinajstić information content (AvgIpc) is 2.72. The molecule has 1 amide bonds. The van der Waals surface area contributed by atoms with Crippen molar-refractivity contribution in [3.8, 4) is 0 Å². The predicted molar refractivity (Wildman–Crippen MR) is 77.2 cm³/mol. The number of nitrogens with two attached hydrogens (primary N) is 1. The van der Waals surface area contributed by atoms with E-state index in [0.29, 0.717) is 16.6 Å². The Labute approximate surface area is 112 Å². The van der Waals surface area contributed by atoms with E-state index in [2.05, 4.69) is 17.6 Å². The molecule has 4 N–H and O–H groups in total. The minimum atomic E-state index is -0.109. The van der Waals surface area contributed by atoms with Crippen molar-refractivity contribution in [2.45, 2.75) is 38.6 Å². The summed E-state index contributed by atoms with van der Waals surface area (Å²) in [5.74, 6) is 0.737. The fourth-order valence-corrected chi connectivity index (χ4v) is 3.38. The maximum Gasteiger partial charge on any atom is 0.263 e. The zero-order valence-electron chi connectivity index (χ0n) is 11.0. The number of anilines is 2. The molecule has 1 fully saturated rings. The van der Waals surface area contributed by atoms with E-state index >= 15 is 0 Å². The molecule has 0 spiro atoms. The molecule has 1 heterocycles. The molecular formula is C13H21N3OS. The second kappa shape index (κ2) is 5.61. The lowest BCUT2D eigenvalue weighted by molar-refractivity contribution is 0.0968. The average molecular weight is 267 g/mol. The Balaban J connectivity index is 2.00. The summed E-state index contributed by atoms with van der Waals surface area (Å²) in [4.78, 5) is 12.2. The Morgan fingerprint density at radius 1 is 1.39 bits per heavy atom. The number of hydrogen-bond donors (Lipinski definition) is 3. The second-order valence-corrected chi connectivity index (χ2v) is 6.13. The monoisotopic (exact) mass is 267 g/mol. The molecule has 1 aliphatic rings. The molecule has 18 heavy (non-hydrogen) atoms. The van der Waals surface area contributed by atoms with E-state index in [1.165, 1.54) is 37.0 Å². The van der Waals surface area contributed by atoms with Crippen LogP contribution in [0.25, 0.3) is 0 Å². The molecule has 0 aliphatic heterocycles. The Bertz CT molecular complexity index is 422. The Hall–Kier alpha value is -1.23. The molecule has 0 unspecified atom stereocenters. The number of hydrogen-bond acceptors (Lipinski definition) is 4. The molecule has 5 heteroatoms. The van der Waals surface area contributed by atoms with Crippen LogP contribution in [0.5, 0.6) is 0 Å². The van der Waals surface area contributed by atoms with Crippen LogP contribution in [0.4, 0.5) is 10.7 Å². The maximum atomic E-state index is 11.6. The summed E-state index contributed by atoms with van der Waals surface area (Å²) in [5.41, 5.74) is 6.42.